The van der Waals surface area contributed by atoms with Crippen molar-refractivity contribution in [1.29, 1.82) is 0 Å². The molecule has 3 aromatic rings. The number of alkyl halides is 3. The molecule has 0 bridgehead atoms. The van der Waals surface area contributed by atoms with Crippen LogP contribution in [0.2, 0.25) is 10.0 Å². The number of ketones is 1. The fourth-order valence-electron chi connectivity index (χ4n) is 2.86. The summed E-state index contributed by atoms with van der Waals surface area (Å²) in [4.78, 5) is 39.2. The molecule has 1 N–H and O–H groups in total. The van der Waals surface area contributed by atoms with Crippen molar-refractivity contribution in [2.75, 3.05) is 32.6 Å². The largest absolute Gasteiger partial charge is 0.475 e. The summed E-state index contributed by atoms with van der Waals surface area (Å²) in [5.41, 5.74) is -1.10. The minimum absolute atomic E-state index is 0.00850. The molecule has 0 spiro atoms. The molecule has 192 valence electrons. The number of hydrogen-bond acceptors (Lipinski definition) is 8. The molecule has 0 fully saturated rings. The molecule has 1 aromatic carbocycles. The van der Waals surface area contributed by atoms with Crippen molar-refractivity contribution in [2.45, 2.75) is 19.0 Å². The first-order valence-electron chi connectivity index (χ1n) is 10.4. The number of thiazole rings is 1. The average Bonchev–Trinajstić information content (AvgIpc) is 3.28. The van der Waals surface area contributed by atoms with E-state index in [1.165, 1.54) is 18.6 Å². The number of nitrogens with zero attached hydrogens (tertiary/aromatic N) is 4. The minimum Gasteiger partial charge on any atom is -0.475 e. The number of aryl methyl sites for hydroxylation is 1. The van der Waals surface area contributed by atoms with Gasteiger partial charge in [0.15, 0.2) is 5.78 Å². The van der Waals surface area contributed by atoms with Gasteiger partial charge in [0.2, 0.25) is 5.88 Å². The fourth-order valence-corrected chi connectivity index (χ4v) is 4.15. The Bertz CT molecular complexity index is 1250. The van der Waals surface area contributed by atoms with Gasteiger partial charge in [-0.2, -0.15) is 13.2 Å². The Morgan fingerprint density at radius 3 is 2.61 bits per heavy atom. The Morgan fingerprint density at radius 1 is 1.17 bits per heavy atom. The van der Waals surface area contributed by atoms with Crippen LogP contribution in [0.3, 0.4) is 0 Å². The summed E-state index contributed by atoms with van der Waals surface area (Å²) in [7, 11) is 3.77. The molecule has 2 heterocycles. The van der Waals surface area contributed by atoms with Crippen LogP contribution >= 0.6 is 34.5 Å². The molecule has 36 heavy (non-hydrogen) atoms. The van der Waals surface area contributed by atoms with Crippen LogP contribution in [0, 0.1) is 0 Å². The number of hydrogen-bond donors (Lipinski definition) is 1. The molecule has 0 atom stereocenters. The Balaban J connectivity index is 1.60. The van der Waals surface area contributed by atoms with Crippen LogP contribution in [0.1, 0.15) is 37.2 Å². The number of Topliss-reactive ketones (excluding diaryl/α,β-unsaturated/α-hetero) is 1. The first-order chi connectivity index (χ1) is 17.0. The Labute approximate surface area is 218 Å². The van der Waals surface area contributed by atoms with E-state index in [1.807, 2.05) is 19.0 Å². The number of likely N-dealkylation sites (N-methyl/N-ethyl adjacent to an activating group) is 1. The van der Waals surface area contributed by atoms with Gasteiger partial charge >= 0.3 is 6.18 Å². The SMILES string of the molecule is CN(C)CCOc1ncnc(C(=O)CCc2ncc(C(=O)Nc3ccc(Cl)c(C(F)(F)F)c3)s2)c1Cl. The predicted octanol–water partition coefficient (Wildman–Crippen LogP) is 5.27. The maximum absolute atomic E-state index is 13.0. The van der Waals surface area contributed by atoms with Gasteiger partial charge in [0.1, 0.15) is 28.5 Å². The first kappa shape index (κ1) is 27.8. The highest BCUT2D eigenvalue weighted by Crippen LogP contribution is 2.36. The zero-order valence-electron chi connectivity index (χ0n) is 19.0. The second-order valence-electron chi connectivity index (χ2n) is 7.68. The van der Waals surface area contributed by atoms with E-state index in [1.54, 1.807) is 0 Å². The van der Waals surface area contributed by atoms with E-state index in [0.717, 1.165) is 23.5 Å². The van der Waals surface area contributed by atoms with E-state index >= 15 is 0 Å². The van der Waals surface area contributed by atoms with Crippen LogP contribution < -0.4 is 10.1 Å². The Kier molecular flexibility index (Phi) is 9.23. The Hall–Kier alpha value is -2.80. The summed E-state index contributed by atoms with van der Waals surface area (Å²) in [5.74, 6) is -0.887. The molecule has 14 heteroatoms. The van der Waals surface area contributed by atoms with E-state index in [-0.39, 0.29) is 45.8 Å². The smallest absolute Gasteiger partial charge is 0.417 e. The number of halogens is 5. The molecule has 2 aromatic heterocycles. The number of benzene rings is 1. The quantitative estimate of drug-likeness (QED) is 0.337. The molecule has 8 nitrogen and oxygen atoms in total. The van der Waals surface area contributed by atoms with Crippen molar-refractivity contribution < 1.29 is 27.5 Å². The normalized spacial score (nSPS) is 11.6. The summed E-state index contributed by atoms with van der Waals surface area (Å²) in [6, 6.07) is 3.07. The molecule has 0 aliphatic heterocycles. The second kappa shape index (κ2) is 12.0. The van der Waals surface area contributed by atoms with Crippen LogP contribution in [-0.2, 0) is 12.6 Å². The summed E-state index contributed by atoms with van der Waals surface area (Å²) >= 11 is 12.9. The number of ether oxygens (including phenoxy) is 1. The highest BCUT2D eigenvalue weighted by molar-refractivity contribution is 7.13. The van der Waals surface area contributed by atoms with Gasteiger partial charge in [-0.25, -0.2) is 15.0 Å². The second-order valence-corrected chi connectivity index (χ2v) is 9.58. The number of anilines is 1. The summed E-state index contributed by atoms with van der Waals surface area (Å²) in [6.45, 7) is 0.958. The summed E-state index contributed by atoms with van der Waals surface area (Å²) in [5, 5.41) is 2.42. The van der Waals surface area contributed by atoms with Crippen molar-refractivity contribution in [2.24, 2.45) is 0 Å². The van der Waals surface area contributed by atoms with Gasteiger partial charge in [0, 0.05) is 25.1 Å². The molecule has 0 aliphatic rings. The van der Waals surface area contributed by atoms with Crippen molar-refractivity contribution >= 4 is 51.9 Å². The van der Waals surface area contributed by atoms with Gasteiger partial charge in [-0.1, -0.05) is 23.2 Å². The first-order valence-corrected chi connectivity index (χ1v) is 12.0. The van der Waals surface area contributed by atoms with Gasteiger partial charge in [-0.3, -0.25) is 9.59 Å². The molecule has 0 saturated carbocycles. The average molecular weight is 562 g/mol. The third-order valence-electron chi connectivity index (χ3n) is 4.67. The molecule has 0 radical (unpaired) electrons. The fraction of sp³-hybridized carbons (Fsp3) is 0.318. The maximum Gasteiger partial charge on any atom is 0.417 e. The zero-order chi connectivity index (χ0) is 26.5. The molecule has 0 saturated heterocycles. The van der Waals surface area contributed by atoms with E-state index in [2.05, 4.69) is 20.3 Å². The van der Waals surface area contributed by atoms with E-state index in [9.17, 15) is 22.8 Å². The topological polar surface area (TPSA) is 97.3 Å². The number of rotatable bonds is 10. The van der Waals surface area contributed by atoms with E-state index in [0.29, 0.717) is 18.2 Å². The molecule has 1 amide bonds. The van der Waals surface area contributed by atoms with Crippen molar-refractivity contribution in [1.82, 2.24) is 19.9 Å². The van der Waals surface area contributed by atoms with Crippen molar-refractivity contribution in [3.05, 3.63) is 61.9 Å². The van der Waals surface area contributed by atoms with Crippen LogP contribution in [-0.4, -0.2) is 58.8 Å². The number of nitrogens with one attached hydrogen (secondary N) is 1. The molecular weight excluding hydrogens is 542 g/mol. The van der Waals surface area contributed by atoms with Gasteiger partial charge < -0.3 is 15.0 Å². The lowest BCUT2D eigenvalue weighted by molar-refractivity contribution is -0.137. The zero-order valence-corrected chi connectivity index (χ0v) is 21.4. The molecule has 3 rings (SSSR count). The highest BCUT2D eigenvalue weighted by Gasteiger charge is 2.33. The van der Waals surface area contributed by atoms with Crippen LogP contribution in [0.15, 0.2) is 30.7 Å². The number of amides is 1. The molecule has 0 unspecified atom stereocenters. The number of aromatic nitrogens is 3. The van der Waals surface area contributed by atoms with Crippen molar-refractivity contribution in [3.63, 3.8) is 0 Å². The minimum atomic E-state index is -4.66. The van der Waals surface area contributed by atoms with Gasteiger partial charge in [0.05, 0.1) is 21.8 Å². The lowest BCUT2D eigenvalue weighted by atomic mass is 10.1. The number of carbonyl (C=O) groups is 2. The standard InChI is InChI=1S/C22H20Cl2F3N5O3S/c1-32(2)7-8-35-21-18(24)19(29-11-30-21)15(33)5-6-17-28-10-16(36-17)20(34)31-12-3-4-14(23)13(9-12)22(25,26)27/h3-4,9-11H,5-8H2,1-2H3,(H,31,34). The molecule has 0 aliphatic carbocycles. The third-order valence-corrected chi connectivity index (χ3v) is 6.40. The summed E-state index contributed by atoms with van der Waals surface area (Å²) in [6.07, 6.45) is -1.97. The number of carbonyl (C=O) groups excluding carboxylic acids is 2. The van der Waals surface area contributed by atoms with E-state index in [4.69, 9.17) is 27.9 Å². The van der Waals surface area contributed by atoms with Crippen LogP contribution in [0.4, 0.5) is 18.9 Å². The lowest BCUT2D eigenvalue weighted by Gasteiger charge is -2.12. The molecular formula is C22H20Cl2F3N5O3S. The van der Waals surface area contributed by atoms with Crippen molar-refractivity contribution in [3.8, 4) is 5.88 Å². The Morgan fingerprint density at radius 2 is 1.92 bits per heavy atom. The van der Waals surface area contributed by atoms with Gasteiger partial charge in [-0.05, 0) is 32.3 Å². The van der Waals surface area contributed by atoms with Gasteiger partial charge in [0.25, 0.3) is 5.91 Å². The highest BCUT2D eigenvalue weighted by atomic mass is 35.5. The predicted molar refractivity (Wildman–Crippen MR) is 130 cm³/mol. The van der Waals surface area contributed by atoms with E-state index < -0.39 is 22.7 Å². The summed E-state index contributed by atoms with van der Waals surface area (Å²) < 4.78 is 44.6. The third kappa shape index (κ3) is 7.36. The monoisotopic (exact) mass is 561 g/mol. The maximum atomic E-state index is 13.0. The van der Waals surface area contributed by atoms with Crippen LogP contribution in [0.5, 0.6) is 5.88 Å². The lowest BCUT2D eigenvalue weighted by Crippen LogP contribution is -2.20. The van der Waals surface area contributed by atoms with Crippen LogP contribution in [0.25, 0.3) is 0 Å². The van der Waals surface area contributed by atoms with Gasteiger partial charge in [-0.15, -0.1) is 11.3 Å².